The smallest absolute Gasteiger partial charge is 0.270 e. The van der Waals surface area contributed by atoms with E-state index in [4.69, 9.17) is 16.3 Å². The third kappa shape index (κ3) is 4.12. The number of benzene rings is 2. The SMILES string of the molecule is Cc1cc2c(c(C)c1Cl)C(=O)CC1(CCN(C(=O)/C=C/c3cccc([N+](=O)[O-])c3)CC1)O2. The minimum atomic E-state index is -0.614. The number of non-ortho nitro benzene ring substituents is 1. The molecular weight excluding hydrogens is 432 g/mol. The minimum absolute atomic E-state index is 0.0225. The summed E-state index contributed by atoms with van der Waals surface area (Å²) in [6.45, 7) is 4.65. The number of ether oxygens (including phenoxy) is 1. The fourth-order valence-corrected chi connectivity index (χ4v) is 4.58. The fourth-order valence-electron chi connectivity index (χ4n) is 4.43. The lowest BCUT2D eigenvalue weighted by molar-refractivity contribution is -0.384. The van der Waals surface area contributed by atoms with Gasteiger partial charge in [0, 0.05) is 49.2 Å². The topological polar surface area (TPSA) is 89.8 Å². The van der Waals surface area contributed by atoms with Crippen LogP contribution in [0.4, 0.5) is 5.69 Å². The molecule has 0 atom stereocenters. The molecule has 8 heteroatoms. The van der Waals surface area contributed by atoms with Gasteiger partial charge in [0.25, 0.3) is 5.69 Å². The zero-order valence-electron chi connectivity index (χ0n) is 17.9. The molecule has 2 aromatic carbocycles. The molecule has 166 valence electrons. The van der Waals surface area contributed by atoms with E-state index in [-0.39, 0.29) is 23.8 Å². The number of nitro benzene ring substituents is 1. The van der Waals surface area contributed by atoms with E-state index in [1.807, 2.05) is 19.9 Å². The lowest BCUT2D eigenvalue weighted by Gasteiger charge is -2.44. The first-order chi connectivity index (χ1) is 15.2. The van der Waals surface area contributed by atoms with Gasteiger partial charge in [0.1, 0.15) is 11.4 Å². The maximum atomic E-state index is 12.9. The summed E-state index contributed by atoms with van der Waals surface area (Å²) >= 11 is 6.32. The summed E-state index contributed by atoms with van der Waals surface area (Å²) in [5.41, 5.74) is 2.13. The number of rotatable bonds is 3. The van der Waals surface area contributed by atoms with Gasteiger partial charge in [-0.15, -0.1) is 0 Å². The summed E-state index contributed by atoms with van der Waals surface area (Å²) in [5, 5.41) is 11.5. The number of amides is 1. The Hall–Kier alpha value is -3.19. The van der Waals surface area contributed by atoms with Crippen LogP contribution in [0.15, 0.2) is 36.4 Å². The third-order valence-corrected chi connectivity index (χ3v) is 6.80. The Bertz CT molecular complexity index is 1150. The van der Waals surface area contributed by atoms with E-state index in [9.17, 15) is 19.7 Å². The summed E-state index contributed by atoms with van der Waals surface area (Å²) in [5.74, 6) is 0.425. The van der Waals surface area contributed by atoms with Gasteiger partial charge in [0.05, 0.1) is 16.9 Å². The second-order valence-electron chi connectivity index (χ2n) is 8.40. The van der Waals surface area contributed by atoms with Crippen molar-refractivity contribution in [2.75, 3.05) is 13.1 Å². The maximum Gasteiger partial charge on any atom is 0.270 e. The first kappa shape index (κ1) is 22.0. The number of aryl methyl sites for hydroxylation is 1. The molecule has 0 unspecified atom stereocenters. The lowest BCUT2D eigenvalue weighted by Crippen LogP contribution is -2.52. The first-order valence-corrected chi connectivity index (χ1v) is 10.8. The molecule has 0 N–H and O–H groups in total. The Labute approximate surface area is 190 Å². The number of fused-ring (bicyclic) bond motifs is 1. The van der Waals surface area contributed by atoms with E-state index >= 15 is 0 Å². The van der Waals surface area contributed by atoms with Gasteiger partial charge in [-0.2, -0.15) is 0 Å². The van der Waals surface area contributed by atoms with Crippen molar-refractivity contribution in [2.24, 2.45) is 0 Å². The molecule has 0 radical (unpaired) electrons. The molecular formula is C24H23ClN2O5. The summed E-state index contributed by atoms with van der Waals surface area (Å²) in [7, 11) is 0. The molecule has 1 amide bonds. The predicted molar refractivity (Wildman–Crippen MR) is 121 cm³/mol. The molecule has 4 rings (SSSR count). The number of hydrogen-bond donors (Lipinski definition) is 0. The van der Waals surface area contributed by atoms with Gasteiger partial charge in [0.2, 0.25) is 5.91 Å². The summed E-state index contributed by atoms with van der Waals surface area (Å²) < 4.78 is 6.34. The molecule has 2 aliphatic heterocycles. The molecule has 1 spiro atoms. The van der Waals surface area contributed by atoms with Crippen LogP contribution < -0.4 is 4.74 Å². The second-order valence-corrected chi connectivity index (χ2v) is 8.78. The number of carbonyl (C=O) groups excluding carboxylic acids is 2. The van der Waals surface area contributed by atoms with Crippen LogP contribution in [-0.4, -0.2) is 40.2 Å². The van der Waals surface area contributed by atoms with Crippen LogP contribution in [0.25, 0.3) is 6.08 Å². The highest BCUT2D eigenvalue weighted by molar-refractivity contribution is 6.32. The van der Waals surface area contributed by atoms with E-state index in [1.165, 1.54) is 18.2 Å². The standard InChI is InChI=1S/C24H23ClN2O5/c1-15-12-20-22(16(2)23(15)25)19(28)14-24(32-20)8-10-26(11-9-24)21(29)7-6-17-4-3-5-18(13-17)27(30)31/h3-7,12-13H,8-11,14H2,1-2H3/b7-6+. The molecule has 0 bridgehead atoms. The highest BCUT2D eigenvalue weighted by Crippen LogP contribution is 2.43. The molecule has 0 aliphatic carbocycles. The van der Waals surface area contributed by atoms with Crippen LogP contribution in [0, 0.1) is 24.0 Å². The highest BCUT2D eigenvalue weighted by Gasteiger charge is 2.44. The molecule has 1 saturated heterocycles. The molecule has 7 nitrogen and oxygen atoms in total. The van der Waals surface area contributed by atoms with Gasteiger partial charge >= 0.3 is 0 Å². The Morgan fingerprint density at radius 2 is 1.97 bits per heavy atom. The average molecular weight is 455 g/mol. The lowest BCUT2D eigenvalue weighted by atomic mass is 9.81. The van der Waals surface area contributed by atoms with Crippen molar-refractivity contribution in [3.8, 4) is 5.75 Å². The van der Waals surface area contributed by atoms with Crippen molar-refractivity contribution < 1.29 is 19.2 Å². The van der Waals surface area contributed by atoms with Crippen molar-refractivity contribution in [1.82, 2.24) is 4.90 Å². The second kappa shape index (κ2) is 8.39. The number of carbonyl (C=O) groups is 2. The highest BCUT2D eigenvalue weighted by atomic mass is 35.5. The monoisotopic (exact) mass is 454 g/mol. The quantitative estimate of drug-likeness (QED) is 0.373. The van der Waals surface area contributed by atoms with Gasteiger partial charge in [-0.1, -0.05) is 23.7 Å². The van der Waals surface area contributed by atoms with E-state index in [0.29, 0.717) is 47.8 Å². The number of nitro groups is 1. The fraction of sp³-hybridized carbons (Fsp3) is 0.333. The maximum absolute atomic E-state index is 12.9. The van der Waals surface area contributed by atoms with E-state index in [0.717, 1.165) is 11.1 Å². The third-order valence-electron chi connectivity index (χ3n) is 6.22. The van der Waals surface area contributed by atoms with Crippen LogP contribution in [0.3, 0.4) is 0 Å². The van der Waals surface area contributed by atoms with E-state index < -0.39 is 10.5 Å². The molecule has 0 aromatic heterocycles. The van der Waals surface area contributed by atoms with Crippen molar-refractivity contribution in [1.29, 1.82) is 0 Å². The number of likely N-dealkylation sites (tertiary alicyclic amines) is 1. The molecule has 0 saturated carbocycles. The van der Waals surface area contributed by atoms with Crippen LogP contribution in [-0.2, 0) is 4.79 Å². The summed E-state index contributed by atoms with van der Waals surface area (Å²) in [6, 6.07) is 7.94. The Kier molecular flexibility index (Phi) is 5.77. The minimum Gasteiger partial charge on any atom is -0.486 e. The Balaban J connectivity index is 1.44. The average Bonchev–Trinajstić information content (AvgIpc) is 2.76. The van der Waals surface area contributed by atoms with Crippen LogP contribution in [0.1, 0.15) is 46.3 Å². The number of piperidine rings is 1. The Morgan fingerprint density at radius 1 is 1.25 bits per heavy atom. The first-order valence-electron chi connectivity index (χ1n) is 10.4. The van der Waals surface area contributed by atoms with Crippen molar-refractivity contribution >= 4 is 35.1 Å². The molecule has 2 aromatic rings. The number of Topliss-reactive ketones (excluding diaryl/α,β-unsaturated/α-hetero) is 1. The van der Waals surface area contributed by atoms with E-state index in [2.05, 4.69) is 0 Å². The van der Waals surface area contributed by atoms with Crippen LogP contribution in [0.2, 0.25) is 5.02 Å². The Morgan fingerprint density at radius 3 is 2.66 bits per heavy atom. The van der Waals surface area contributed by atoms with Gasteiger partial charge < -0.3 is 9.64 Å². The zero-order chi connectivity index (χ0) is 23.0. The normalized spacial score (nSPS) is 17.3. The number of hydrogen-bond acceptors (Lipinski definition) is 5. The molecule has 2 aliphatic rings. The predicted octanol–water partition coefficient (Wildman–Crippen LogP) is 4.90. The summed E-state index contributed by atoms with van der Waals surface area (Å²) in [6.07, 6.45) is 4.37. The summed E-state index contributed by atoms with van der Waals surface area (Å²) in [4.78, 5) is 37.7. The van der Waals surface area contributed by atoms with Crippen molar-refractivity contribution in [3.05, 3.63) is 73.8 Å². The van der Waals surface area contributed by atoms with E-state index in [1.54, 1.807) is 23.1 Å². The van der Waals surface area contributed by atoms with Crippen molar-refractivity contribution in [3.63, 3.8) is 0 Å². The zero-order valence-corrected chi connectivity index (χ0v) is 18.6. The van der Waals surface area contributed by atoms with Gasteiger partial charge in [-0.05, 0) is 42.7 Å². The van der Waals surface area contributed by atoms with Gasteiger partial charge in [0.15, 0.2) is 5.78 Å². The number of nitrogens with zero attached hydrogens (tertiary/aromatic N) is 2. The largest absolute Gasteiger partial charge is 0.486 e. The van der Waals surface area contributed by atoms with Gasteiger partial charge in [-0.25, -0.2) is 0 Å². The van der Waals surface area contributed by atoms with Crippen LogP contribution >= 0.6 is 11.6 Å². The number of halogens is 1. The van der Waals surface area contributed by atoms with Crippen LogP contribution in [0.5, 0.6) is 5.75 Å². The number of ketones is 1. The molecule has 2 heterocycles. The van der Waals surface area contributed by atoms with Crippen molar-refractivity contribution in [2.45, 2.75) is 38.7 Å². The van der Waals surface area contributed by atoms with Gasteiger partial charge in [-0.3, -0.25) is 19.7 Å². The molecule has 1 fully saturated rings. The molecule has 32 heavy (non-hydrogen) atoms.